The predicted molar refractivity (Wildman–Crippen MR) is 89.5 cm³/mol. The number of benzene rings is 2. The Bertz CT molecular complexity index is 740. The van der Waals surface area contributed by atoms with Crippen LogP contribution >= 0.6 is 11.6 Å². The van der Waals surface area contributed by atoms with Crippen molar-refractivity contribution in [2.24, 2.45) is 0 Å². The highest BCUT2D eigenvalue weighted by Gasteiger charge is 2.09. The van der Waals surface area contributed by atoms with Gasteiger partial charge in [0.25, 0.3) is 0 Å². The molecule has 22 heavy (non-hydrogen) atoms. The summed E-state index contributed by atoms with van der Waals surface area (Å²) in [7, 11) is 0. The van der Waals surface area contributed by atoms with Crippen LogP contribution in [0.5, 0.6) is 5.75 Å². The highest BCUT2D eigenvalue weighted by atomic mass is 35.5. The molecule has 3 nitrogen and oxygen atoms in total. The minimum atomic E-state index is 0.188. The van der Waals surface area contributed by atoms with Crippen molar-refractivity contribution < 1.29 is 9.15 Å². The van der Waals surface area contributed by atoms with E-state index in [2.05, 4.69) is 12.2 Å². The van der Waals surface area contributed by atoms with Gasteiger partial charge in [0.2, 0.25) is 0 Å². The minimum Gasteiger partial charge on any atom is -0.490 e. The SMILES string of the molecule is CC(COc1ccc2ccccc2c1Cl)NCc1ccco1. The number of fused-ring (bicyclic) bond motifs is 1. The first-order valence-corrected chi connectivity index (χ1v) is 7.67. The molecule has 3 rings (SSSR count). The lowest BCUT2D eigenvalue weighted by Crippen LogP contribution is -2.31. The minimum absolute atomic E-state index is 0.188. The van der Waals surface area contributed by atoms with Crippen molar-refractivity contribution in [3.05, 3.63) is 65.6 Å². The number of hydrogen-bond acceptors (Lipinski definition) is 3. The Hall–Kier alpha value is -1.97. The molecule has 1 heterocycles. The molecule has 0 aliphatic heterocycles. The van der Waals surface area contributed by atoms with E-state index in [-0.39, 0.29) is 6.04 Å². The maximum atomic E-state index is 6.42. The van der Waals surface area contributed by atoms with E-state index in [1.165, 1.54) is 0 Å². The monoisotopic (exact) mass is 315 g/mol. The fourth-order valence-corrected chi connectivity index (χ4v) is 2.58. The van der Waals surface area contributed by atoms with Crippen molar-refractivity contribution in [2.45, 2.75) is 19.5 Å². The van der Waals surface area contributed by atoms with Gasteiger partial charge >= 0.3 is 0 Å². The number of rotatable bonds is 6. The van der Waals surface area contributed by atoms with Crippen molar-refractivity contribution in [3.63, 3.8) is 0 Å². The summed E-state index contributed by atoms with van der Waals surface area (Å²) in [5.41, 5.74) is 0. The number of furan rings is 1. The summed E-state index contributed by atoms with van der Waals surface area (Å²) < 4.78 is 11.1. The predicted octanol–water partition coefficient (Wildman–Crippen LogP) is 4.64. The molecular weight excluding hydrogens is 298 g/mol. The van der Waals surface area contributed by atoms with Gasteiger partial charge in [-0.05, 0) is 30.5 Å². The Kier molecular flexibility index (Phi) is 4.66. The molecule has 1 atom stereocenters. The molecule has 1 N–H and O–H groups in total. The topological polar surface area (TPSA) is 34.4 Å². The zero-order chi connectivity index (χ0) is 15.4. The average Bonchev–Trinajstić information content (AvgIpc) is 3.06. The standard InChI is InChI=1S/C18H18ClNO2/c1-13(20-11-15-6-4-10-21-15)12-22-17-9-8-14-5-2-3-7-16(14)18(17)19/h2-10,13,20H,11-12H2,1H3. The van der Waals surface area contributed by atoms with Gasteiger partial charge in [-0.1, -0.05) is 41.9 Å². The van der Waals surface area contributed by atoms with Crippen LogP contribution in [-0.4, -0.2) is 12.6 Å². The number of halogens is 1. The highest BCUT2D eigenvalue weighted by Crippen LogP contribution is 2.32. The van der Waals surface area contributed by atoms with E-state index in [1.54, 1.807) is 6.26 Å². The molecule has 1 aromatic heterocycles. The average molecular weight is 316 g/mol. The second-order valence-corrected chi connectivity index (χ2v) is 5.65. The highest BCUT2D eigenvalue weighted by molar-refractivity contribution is 6.37. The van der Waals surface area contributed by atoms with Crippen LogP contribution in [0.3, 0.4) is 0 Å². The second kappa shape index (κ2) is 6.86. The summed E-state index contributed by atoms with van der Waals surface area (Å²) in [4.78, 5) is 0. The van der Waals surface area contributed by atoms with Gasteiger partial charge < -0.3 is 14.5 Å². The van der Waals surface area contributed by atoms with Gasteiger partial charge in [-0.2, -0.15) is 0 Å². The molecule has 0 fully saturated rings. The van der Waals surface area contributed by atoms with Crippen molar-refractivity contribution in [2.75, 3.05) is 6.61 Å². The molecule has 0 aliphatic rings. The van der Waals surface area contributed by atoms with Crippen molar-refractivity contribution >= 4 is 22.4 Å². The fraction of sp³-hybridized carbons (Fsp3) is 0.222. The maximum absolute atomic E-state index is 6.42. The van der Waals surface area contributed by atoms with E-state index in [1.807, 2.05) is 48.5 Å². The lowest BCUT2D eigenvalue weighted by molar-refractivity contribution is 0.269. The van der Waals surface area contributed by atoms with Crippen LogP contribution < -0.4 is 10.1 Å². The molecule has 0 saturated carbocycles. The third-order valence-corrected chi connectivity index (χ3v) is 3.91. The van der Waals surface area contributed by atoms with Crippen molar-refractivity contribution in [1.29, 1.82) is 0 Å². The molecule has 0 amide bonds. The Morgan fingerprint density at radius 3 is 2.82 bits per heavy atom. The third kappa shape index (κ3) is 3.43. The van der Waals surface area contributed by atoms with Crippen LogP contribution in [-0.2, 0) is 6.54 Å². The van der Waals surface area contributed by atoms with Gasteiger partial charge in [0.1, 0.15) is 18.1 Å². The summed E-state index contributed by atoms with van der Waals surface area (Å²) >= 11 is 6.42. The van der Waals surface area contributed by atoms with Crippen LogP contribution in [0.4, 0.5) is 0 Å². The molecule has 0 aliphatic carbocycles. The first-order valence-electron chi connectivity index (χ1n) is 7.30. The summed E-state index contributed by atoms with van der Waals surface area (Å²) in [5.74, 6) is 1.63. The molecule has 3 aromatic rings. The zero-order valence-corrected chi connectivity index (χ0v) is 13.1. The van der Waals surface area contributed by atoms with E-state index < -0.39 is 0 Å². The lowest BCUT2D eigenvalue weighted by Gasteiger charge is -2.15. The number of ether oxygens (including phenoxy) is 1. The first-order chi connectivity index (χ1) is 10.7. The van der Waals surface area contributed by atoms with E-state index in [0.717, 1.165) is 16.5 Å². The Morgan fingerprint density at radius 1 is 1.14 bits per heavy atom. The summed E-state index contributed by atoms with van der Waals surface area (Å²) in [6, 6.07) is 16.0. The van der Waals surface area contributed by atoms with Crippen LogP contribution in [0.25, 0.3) is 10.8 Å². The Balaban J connectivity index is 1.60. The fourth-order valence-electron chi connectivity index (χ4n) is 2.29. The van der Waals surface area contributed by atoms with Gasteiger partial charge in [-0.3, -0.25) is 0 Å². The van der Waals surface area contributed by atoms with E-state index in [4.69, 9.17) is 20.8 Å². The molecule has 2 aromatic carbocycles. The van der Waals surface area contributed by atoms with Gasteiger partial charge in [0.05, 0.1) is 17.8 Å². The summed E-state index contributed by atoms with van der Waals surface area (Å²) in [5, 5.41) is 6.14. The molecule has 1 unspecified atom stereocenters. The summed E-state index contributed by atoms with van der Waals surface area (Å²) in [6.45, 7) is 3.29. The van der Waals surface area contributed by atoms with Gasteiger partial charge in [-0.25, -0.2) is 0 Å². The molecular formula is C18H18ClNO2. The Morgan fingerprint density at radius 2 is 2.00 bits per heavy atom. The third-order valence-electron chi connectivity index (χ3n) is 3.52. The van der Waals surface area contributed by atoms with Crippen LogP contribution in [0.1, 0.15) is 12.7 Å². The maximum Gasteiger partial charge on any atom is 0.138 e. The van der Waals surface area contributed by atoms with Crippen LogP contribution in [0.15, 0.2) is 59.2 Å². The van der Waals surface area contributed by atoms with Crippen molar-refractivity contribution in [1.82, 2.24) is 5.32 Å². The number of hydrogen-bond donors (Lipinski definition) is 1. The molecule has 0 spiro atoms. The van der Waals surface area contributed by atoms with Gasteiger partial charge in [-0.15, -0.1) is 0 Å². The van der Waals surface area contributed by atoms with Crippen LogP contribution in [0.2, 0.25) is 5.02 Å². The summed E-state index contributed by atoms with van der Waals surface area (Å²) in [6.07, 6.45) is 1.67. The number of nitrogens with one attached hydrogen (secondary N) is 1. The van der Waals surface area contributed by atoms with E-state index in [9.17, 15) is 0 Å². The van der Waals surface area contributed by atoms with Gasteiger partial charge in [0.15, 0.2) is 0 Å². The lowest BCUT2D eigenvalue weighted by atomic mass is 10.1. The quantitative estimate of drug-likeness (QED) is 0.719. The van der Waals surface area contributed by atoms with E-state index >= 15 is 0 Å². The second-order valence-electron chi connectivity index (χ2n) is 5.27. The largest absolute Gasteiger partial charge is 0.490 e. The first kappa shape index (κ1) is 14.9. The molecule has 4 heteroatoms. The van der Waals surface area contributed by atoms with Crippen molar-refractivity contribution in [3.8, 4) is 5.75 Å². The molecule has 0 bridgehead atoms. The van der Waals surface area contributed by atoms with Gasteiger partial charge in [0, 0.05) is 11.4 Å². The smallest absolute Gasteiger partial charge is 0.138 e. The Labute approximate surface area is 134 Å². The molecule has 114 valence electrons. The molecule has 0 radical (unpaired) electrons. The van der Waals surface area contributed by atoms with E-state index in [0.29, 0.717) is 23.9 Å². The normalized spacial score (nSPS) is 12.5. The zero-order valence-electron chi connectivity index (χ0n) is 12.4. The van der Waals surface area contributed by atoms with Crippen LogP contribution in [0, 0.1) is 0 Å². The molecule has 0 saturated heterocycles.